The van der Waals surface area contributed by atoms with Crippen LogP contribution in [0.1, 0.15) is 22.4 Å². The summed E-state index contributed by atoms with van der Waals surface area (Å²) in [5, 5.41) is 3.85. The van der Waals surface area contributed by atoms with Crippen molar-refractivity contribution in [2.75, 3.05) is 6.61 Å². The summed E-state index contributed by atoms with van der Waals surface area (Å²) in [5.41, 5.74) is 6.47. The van der Waals surface area contributed by atoms with Crippen molar-refractivity contribution < 1.29 is 9.53 Å². The van der Waals surface area contributed by atoms with E-state index in [2.05, 4.69) is 15.5 Å². The van der Waals surface area contributed by atoms with Gasteiger partial charge in [-0.15, -0.1) is 0 Å². The van der Waals surface area contributed by atoms with E-state index in [0.29, 0.717) is 0 Å². The first-order chi connectivity index (χ1) is 10.1. The molecule has 0 aliphatic carbocycles. The van der Waals surface area contributed by atoms with E-state index in [1.54, 1.807) is 12.4 Å². The quantitative estimate of drug-likeness (QED) is 0.654. The topological polar surface area (TPSA) is 66.5 Å². The Labute approximate surface area is 124 Å². The number of H-pyrrole nitrogens is 1. The minimum Gasteiger partial charge on any atom is -0.483 e. The molecule has 2 rings (SSSR count). The van der Waals surface area contributed by atoms with Crippen LogP contribution in [0, 0.1) is 20.8 Å². The van der Waals surface area contributed by atoms with Crippen molar-refractivity contribution in [3.8, 4) is 5.75 Å². The number of nitrogens with zero attached hydrogens (tertiary/aromatic N) is 1. The molecule has 0 spiro atoms. The molecule has 110 valence electrons. The van der Waals surface area contributed by atoms with Gasteiger partial charge in [0, 0.05) is 6.20 Å². The lowest BCUT2D eigenvalue weighted by Gasteiger charge is -2.12. The second-order valence-corrected chi connectivity index (χ2v) is 4.94. The molecule has 2 aromatic rings. The molecule has 5 nitrogen and oxygen atoms in total. The molecule has 1 heterocycles. The molecule has 0 atom stereocenters. The number of amides is 1. The predicted octanol–water partition coefficient (Wildman–Crippen LogP) is 2.47. The van der Waals surface area contributed by atoms with E-state index in [9.17, 15) is 4.79 Å². The van der Waals surface area contributed by atoms with E-state index in [0.717, 1.165) is 22.6 Å². The third-order valence-corrected chi connectivity index (χ3v) is 2.97. The molecule has 0 saturated heterocycles. The van der Waals surface area contributed by atoms with Gasteiger partial charge in [-0.3, -0.25) is 4.79 Å². The summed E-state index contributed by atoms with van der Waals surface area (Å²) in [6, 6.07) is 7.77. The van der Waals surface area contributed by atoms with Gasteiger partial charge in [0.05, 0.1) is 11.9 Å². The van der Waals surface area contributed by atoms with Crippen molar-refractivity contribution in [3.05, 3.63) is 52.8 Å². The average molecular weight is 285 g/mol. The third-order valence-electron chi connectivity index (χ3n) is 2.97. The molecule has 0 aliphatic heterocycles. The molecule has 21 heavy (non-hydrogen) atoms. The fraction of sp³-hybridized carbons (Fsp3) is 0.250. The molecule has 0 bridgehead atoms. The van der Waals surface area contributed by atoms with Crippen LogP contribution in [-0.4, -0.2) is 23.7 Å². The molecule has 0 unspecified atom stereocenters. The summed E-state index contributed by atoms with van der Waals surface area (Å²) >= 11 is 0. The lowest BCUT2D eigenvalue weighted by Crippen LogP contribution is -2.25. The third kappa shape index (κ3) is 4.21. The molecule has 0 aliphatic rings. The fourth-order valence-corrected chi connectivity index (χ4v) is 2.16. The van der Waals surface area contributed by atoms with Crippen molar-refractivity contribution in [2.24, 2.45) is 5.10 Å². The van der Waals surface area contributed by atoms with E-state index >= 15 is 0 Å². The zero-order chi connectivity index (χ0) is 15.2. The minimum absolute atomic E-state index is 0.0627. The van der Waals surface area contributed by atoms with E-state index in [1.807, 2.05) is 45.0 Å². The molecule has 0 saturated carbocycles. The van der Waals surface area contributed by atoms with E-state index < -0.39 is 0 Å². The molecule has 2 N–H and O–H groups in total. The lowest BCUT2D eigenvalue weighted by molar-refractivity contribution is -0.123. The molecule has 5 heteroatoms. The summed E-state index contributed by atoms with van der Waals surface area (Å²) in [5.74, 6) is 0.460. The lowest BCUT2D eigenvalue weighted by atomic mass is 10.1. The van der Waals surface area contributed by atoms with Crippen LogP contribution in [0.25, 0.3) is 0 Å². The number of carbonyl (C=O) groups excluding carboxylic acids is 1. The first kappa shape index (κ1) is 14.8. The normalized spacial score (nSPS) is 10.8. The molecular weight excluding hydrogens is 266 g/mol. The van der Waals surface area contributed by atoms with Crippen LogP contribution >= 0.6 is 0 Å². The maximum Gasteiger partial charge on any atom is 0.277 e. The van der Waals surface area contributed by atoms with Gasteiger partial charge in [-0.25, -0.2) is 5.43 Å². The number of aromatic amines is 1. The van der Waals surface area contributed by atoms with E-state index in [4.69, 9.17) is 4.74 Å². The van der Waals surface area contributed by atoms with Crippen LogP contribution in [0.15, 0.2) is 35.6 Å². The second kappa shape index (κ2) is 6.74. The fourth-order valence-electron chi connectivity index (χ4n) is 2.16. The highest BCUT2D eigenvalue weighted by Crippen LogP contribution is 2.24. The van der Waals surface area contributed by atoms with Crippen molar-refractivity contribution >= 4 is 12.1 Å². The van der Waals surface area contributed by atoms with Crippen LogP contribution < -0.4 is 10.2 Å². The number of hydrazone groups is 1. The number of hydrogen-bond donors (Lipinski definition) is 2. The first-order valence-corrected chi connectivity index (χ1v) is 6.72. The maximum absolute atomic E-state index is 11.7. The van der Waals surface area contributed by atoms with Crippen molar-refractivity contribution in [1.82, 2.24) is 10.4 Å². The Morgan fingerprint density at radius 1 is 1.33 bits per heavy atom. The van der Waals surface area contributed by atoms with Gasteiger partial charge in [-0.05, 0) is 44.0 Å². The molecule has 0 fully saturated rings. The maximum atomic E-state index is 11.7. The van der Waals surface area contributed by atoms with E-state index in [-0.39, 0.29) is 12.5 Å². The predicted molar refractivity (Wildman–Crippen MR) is 82.7 cm³/mol. The Morgan fingerprint density at radius 2 is 2.05 bits per heavy atom. The Kier molecular flexibility index (Phi) is 4.77. The average Bonchev–Trinajstić information content (AvgIpc) is 2.90. The largest absolute Gasteiger partial charge is 0.483 e. The Balaban J connectivity index is 1.87. The van der Waals surface area contributed by atoms with Crippen LogP contribution in [0.3, 0.4) is 0 Å². The Morgan fingerprint density at radius 3 is 2.67 bits per heavy atom. The van der Waals surface area contributed by atoms with Gasteiger partial charge < -0.3 is 9.72 Å². The number of aromatic nitrogens is 1. The zero-order valence-electron chi connectivity index (χ0n) is 12.4. The van der Waals surface area contributed by atoms with Crippen molar-refractivity contribution in [2.45, 2.75) is 20.8 Å². The number of aryl methyl sites for hydroxylation is 3. The number of carbonyl (C=O) groups is 1. The van der Waals surface area contributed by atoms with Gasteiger partial charge in [-0.1, -0.05) is 17.7 Å². The Hall–Kier alpha value is -2.56. The smallest absolute Gasteiger partial charge is 0.277 e. The summed E-state index contributed by atoms with van der Waals surface area (Å²) in [7, 11) is 0. The molecule has 1 aromatic heterocycles. The Bertz CT molecular complexity index is 623. The SMILES string of the molecule is Cc1cc(C)c(OCC(=O)N/N=C/c2ccc[nH]2)c(C)c1. The van der Waals surface area contributed by atoms with Crippen LogP contribution in [0.4, 0.5) is 0 Å². The van der Waals surface area contributed by atoms with Gasteiger partial charge in [0.15, 0.2) is 6.61 Å². The molecule has 1 amide bonds. The van der Waals surface area contributed by atoms with E-state index in [1.165, 1.54) is 5.56 Å². The molecular formula is C16H19N3O2. The van der Waals surface area contributed by atoms with Crippen LogP contribution in [0.5, 0.6) is 5.75 Å². The number of nitrogens with one attached hydrogen (secondary N) is 2. The number of hydrogen-bond acceptors (Lipinski definition) is 3. The highest BCUT2D eigenvalue weighted by molar-refractivity contribution is 5.81. The van der Waals surface area contributed by atoms with Gasteiger partial charge >= 0.3 is 0 Å². The molecule has 0 radical (unpaired) electrons. The van der Waals surface area contributed by atoms with Crippen LogP contribution in [0.2, 0.25) is 0 Å². The second-order valence-electron chi connectivity index (χ2n) is 4.94. The summed E-state index contributed by atoms with van der Waals surface area (Å²) in [4.78, 5) is 14.6. The van der Waals surface area contributed by atoms with Crippen LogP contribution in [-0.2, 0) is 4.79 Å². The number of ether oxygens (including phenoxy) is 1. The molecule has 1 aromatic carbocycles. The summed E-state index contributed by atoms with van der Waals surface area (Å²) in [6.45, 7) is 5.91. The first-order valence-electron chi connectivity index (χ1n) is 6.72. The number of benzene rings is 1. The standard InChI is InChI=1S/C16H19N3O2/c1-11-7-12(2)16(13(3)8-11)21-10-15(20)19-18-9-14-5-4-6-17-14/h4-9,17H,10H2,1-3H3,(H,19,20)/b18-9+. The van der Waals surface area contributed by atoms with Gasteiger partial charge in [0.1, 0.15) is 5.75 Å². The van der Waals surface area contributed by atoms with Crippen molar-refractivity contribution in [1.29, 1.82) is 0 Å². The minimum atomic E-state index is -0.294. The van der Waals surface area contributed by atoms with Gasteiger partial charge in [0.2, 0.25) is 0 Å². The monoisotopic (exact) mass is 285 g/mol. The zero-order valence-corrected chi connectivity index (χ0v) is 12.4. The summed E-state index contributed by atoms with van der Waals surface area (Å²) < 4.78 is 5.58. The highest BCUT2D eigenvalue weighted by Gasteiger charge is 2.07. The van der Waals surface area contributed by atoms with Gasteiger partial charge in [0.25, 0.3) is 5.91 Å². The highest BCUT2D eigenvalue weighted by atomic mass is 16.5. The van der Waals surface area contributed by atoms with Gasteiger partial charge in [-0.2, -0.15) is 5.10 Å². The van der Waals surface area contributed by atoms with Crippen molar-refractivity contribution in [3.63, 3.8) is 0 Å². The number of rotatable bonds is 5. The summed E-state index contributed by atoms with van der Waals surface area (Å²) in [6.07, 6.45) is 3.33.